The molecule has 5 nitrogen and oxygen atoms in total. The fourth-order valence-corrected chi connectivity index (χ4v) is 2.71. The van der Waals surface area contributed by atoms with Gasteiger partial charge in [-0.3, -0.25) is 4.79 Å². The molecule has 1 atom stereocenters. The van der Waals surface area contributed by atoms with E-state index in [9.17, 15) is 10.1 Å². The zero-order valence-corrected chi connectivity index (χ0v) is 15.4. The molecular formula is C20H28N2O3. The van der Waals surface area contributed by atoms with Crippen LogP contribution in [0.3, 0.4) is 0 Å². The molecule has 1 aliphatic carbocycles. The van der Waals surface area contributed by atoms with Crippen LogP contribution in [0.2, 0.25) is 0 Å². The molecule has 1 saturated carbocycles. The van der Waals surface area contributed by atoms with Gasteiger partial charge >= 0.3 is 0 Å². The predicted octanol–water partition coefficient (Wildman–Crippen LogP) is 4.27. The molecule has 1 unspecified atom stereocenters. The van der Waals surface area contributed by atoms with Crippen LogP contribution in [-0.2, 0) is 9.53 Å². The summed E-state index contributed by atoms with van der Waals surface area (Å²) in [5.41, 5.74) is 0.0669. The lowest BCUT2D eigenvalue weighted by Gasteiger charge is -2.29. The van der Waals surface area contributed by atoms with Crippen LogP contribution in [-0.4, -0.2) is 24.7 Å². The van der Waals surface area contributed by atoms with Crippen molar-refractivity contribution in [1.82, 2.24) is 0 Å². The van der Waals surface area contributed by atoms with Gasteiger partial charge in [0.05, 0.1) is 17.9 Å². The third kappa shape index (κ3) is 4.96. The van der Waals surface area contributed by atoms with Gasteiger partial charge in [0.2, 0.25) is 0 Å². The maximum absolute atomic E-state index is 12.8. The summed E-state index contributed by atoms with van der Waals surface area (Å²) in [5, 5.41) is 12.3. The first kappa shape index (κ1) is 19.3. The van der Waals surface area contributed by atoms with Crippen molar-refractivity contribution in [2.75, 3.05) is 18.5 Å². The summed E-state index contributed by atoms with van der Waals surface area (Å²) in [4.78, 5) is 12.8. The molecule has 2 rings (SSSR count). The molecular weight excluding hydrogens is 316 g/mol. The van der Waals surface area contributed by atoms with Crippen LogP contribution in [0.5, 0.6) is 5.75 Å². The summed E-state index contributed by atoms with van der Waals surface area (Å²) in [6, 6.07) is 7.32. The Morgan fingerprint density at radius 3 is 2.68 bits per heavy atom. The highest BCUT2D eigenvalue weighted by Gasteiger charge is 2.48. The van der Waals surface area contributed by atoms with Crippen LogP contribution < -0.4 is 10.1 Å². The van der Waals surface area contributed by atoms with E-state index in [2.05, 4.69) is 18.3 Å². The Hall–Kier alpha value is -2.06. The number of rotatable bonds is 10. The van der Waals surface area contributed by atoms with E-state index in [4.69, 9.17) is 9.47 Å². The van der Waals surface area contributed by atoms with Crippen LogP contribution in [0.25, 0.3) is 0 Å². The maximum atomic E-state index is 12.8. The van der Waals surface area contributed by atoms with E-state index in [1.54, 1.807) is 18.2 Å². The van der Waals surface area contributed by atoms with E-state index in [0.717, 1.165) is 32.1 Å². The third-order valence-corrected chi connectivity index (χ3v) is 4.54. The molecule has 1 aromatic rings. The second kappa shape index (κ2) is 8.87. The summed E-state index contributed by atoms with van der Waals surface area (Å²) in [7, 11) is 0. The number of nitrogens with one attached hydrogen (secondary N) is 1. The first-order valence-electron chi connectivity index (χ1n) is 9.17. The molecule has 1 fully saturated rings. The van der Waals surface area contributed by atoms with Gasteiger partial charge in [-0.1, -0.05) is 20.3 Å². The molecule has 0 aliphatic heterocycles. The van der Waals surface area contributed by atoms with E-state index >= 15 is 0 Å². The molecule has 0 saturated heterocycles. The van der Waals surface area contributed by atoms with E-state index in [0.29, 0.717) is 30.2 Å². The van der Waals surface area contributed by atoms with Gasteiger partial charge in [-0.25, -0.2) is 0 Å². The highest BCUT2D eigenvalue weighted by Crippen LogP contribution is 2.42. The van der Waals surface area contributed by atoms with Gasteiger partial charge in [0.15, 0.2) is 0 Å². The van der Waals surface area contributed by atoms with Gasteiger partial charge in [0, 0.05) is 6.61 Å². The Bertz CT molecular complexity index is 634. The largest absolute Gasteiger partial charge is 0.494 e. The SMILES string of the molecule is CCCCOc1ccc(NC(=O)C(C)(OCCC)C2CC2)c(C#N)c1. The second-order valence-corrected chi connectivity index (χ2v) is 6.71. The monoisotopic (exact) mass is 344 g/mol. The lowest BCUT2D eigenvalue weighted by atomic mass is 9.98. The highest BCUT2D eigenvalue weighted by molar-refractivity contribution is 5.98. The van der Waals surface area contributed by atoms with Crippen LogP contribution in [0.4, 0.5) is 5.69 Å². The minimum absolute atomic E-state index is 0.181. The van der Waals surface area contributed by atoms with Crippen molar-refractivity contribution in [1.29, 1.82) is 5.26 Å². The maximum Gasteiger partial charge on any atom is 0.256 e. The van der Waals surface area contributed by atoms with Crippen molar-refractivity contribution in [2.24, 2.45) is 5.92 Å². The van der Waals surface area contributed by atoms with Crippen LogP contribution in [0.15, 0.2) is 18.2 Å². The van der Waals surface area contributed by atoms with E-state index < -0.39 is 5.60 Å². The normalized spacial score (nSPS) is 15.9. The van der Waals surface area contributed by atoms with Crippen molar-refractivity contribution < 1.29 is 14.3 Å². The summed E-state index contributed by atoms with van der Waals surface area (Å²) >= 11 is 0. The third-order valence-electron chi connectivity index (χ3n) is 4.54. The quantitative estimate of drug-likeness (QED) is 0.643. The first-order chi connectivity index (χ1) is 12.0. The number of anilines is 1. The number of nitrogens with zero attached hydrogens (tertiary/aromatic N) is 1. The molecule has 0 radical (unpaired) electrons. The Morgan fingerprint density at radius 2 is 2.08 bits per heavy atom. The van der Waals surface area contributed by atoms with Gasteiger partial charge in [-0.2, -0.15) is 5.26 Å². The molecule has 0 aromatic heterocycles. The standard InChI is InChI=1S/C20H28N2O3/c1-4-6-12-24-17-9-10-18(15(13-17)14-21)22-19(23)20(3,16-7-8-16)25-11-5-2/h9-10,13,16H,4-8,11-12H2,1-3H3,(H,22,23). The van der Waals surface area contributed by atoms with Gasteiger partial charge in [0.1, 0.15) is 17.4 Å². The number of hydrogen-bond donors (Lipinski definition) is 1. The van der Waals surface area contributed by atoms with Gasteiger partial charge in [-0.05, 0) is 56.7 Å². The number of carbonyl (C=O) groups excluding carboxylic acids is 1. The number of unbranched alkanes of at least 4 members (excludes halogenated alkanes) is 1. The number of ether oxygens (including phenoxy) is 2. The molecule has 1 aromatic carbocycles. The molecule has 136 valence electrons. The zero-order valence-electron chi connectivity index (χ0n) is 15.4. The average Bonchev–Trinajstić information content (AvgIpc) is 3.46. The molecule has 0 spiro atoms. The summed E-state index contributed by atoms with van der Waals surface area (Å²) < 4.78 is 11.5. The minimum atomic E-state index is -0.834. The Balaban J connectivity index is 2.10. The molecule has 0 bridgehead atoms. The van der Waals surface area contributed by atoms with Crippen molar-refractivity contribution >= 4 is 11.6 Å². The van der Waals surface area contributed by atoms with Crippen molar-refractivity contribution in [3.63, 3.8) is 0 Å². The average molecular weight is 344 g/mol. The fraction of sp³-hybridized carbons (Fsp3) is 0.600. The molecule has 0 heterocycles. The smallest absolute Gasteiger partial charge is 0.256 e. The Kier molecular flexibility index (Phi) is 6.83. The Morgan fingerprint density at radius 1 is 1.32 bits per heavy atom. The minimum Gasteiger partial charge on any atom is -0.494 e. The fourth-order valence-electron chi connectivity index (χ4n) is 2.71. The summed E-state index contributed by atoms with van der Waals surface area (Å²) in [6.07, 6.45) is 4.89. The first-order valence-corrected chi connectivity index (χ1v) is 9.17. The van der Waals surface area contributed by atoms with Gasteiger partial charge < -0.3 is 14.8 Å². The van der Waals surface area contributed by atoms with Crippen LogP contribution in [0.1, 0.15) is 58.4 Å². The van der Waals surface area contributed by atoms with E-state index in [1.165, 1.54) is 0 Å². The Labute approximate surface area is 150 Å². The van der Waals surface area contributed by atoms with Crippen LogP contribution >= 0.6 is 0 Å². The van der Waals surface area contributed by atoms with Crippen molar-refractivity contribution in [3.05, 3.63) is 23.8 Å². The summed E-state index contributed by atoms with van der Waals surface area (Å²) in [6.45, 7) is 7.15. The number of carbonyl (C=O) groups is 1. The zero-order chi connectivity index (χ0) is 18.3. The molecule has 5 heteroatoms. The topological polar surface area (TPSA) is 71.3 Å². The van der Waals surface area contributed by atoms with Gasteiger partial charge in [-0.15, -0.1) is 0 Å². The molecule has 1 N–H and O–H groups in total. The number of nitriles is 1. The molecule has 1 amide bonds. The van der Waals surface area contributed by atoms with Crippen molar-refractivity contribution in [2.45, 2.75) is 58.5 Å². The highest BCUT2D eigenvalue weighted by atomic mass is 16.5. The van der Waals surface area contributed by atoms with Gasteiger partial charge in [0.25, 0.3) is 5.91 Å². The van der Waals surface area contributed by atoms with Crippen LogP contribution in [0, 0.1) is 17.2 Å². The van der Waals surface area contributed by atoms with Crippen molar-refractivity contribution in [3.8, 4) is 11.8 Å². The number of amides is 1. The predicted molar refractivity (Wildman–Crippen MR) is 97.6 cm³/mol. The second-order valence-electron chi connectivity index (χ2n) is 6.71. The van der Waals surface area contributed by atoms with E-state index in [-0.39, 0.29) is 11.8 Å². The number of benzene rings is 1. The molecule has 1 aliphatic rings. The molecule has 25 heavy (non-hydrogen) atoms. The number of hydrogen-bond acceptors (Lipinski definition) is 4. The van der Waals surface area contributed by atoms with E-state index in [1.807, 2.05) is 13.8 Å². The summed E-state index contributed by atoms with van der Waals surface area (Å²) in [5.74, 6) is 0.719. The lowest BCUT2D eigenvalue weighted by molar-refractivity contribution is -0.142. The lowest BCUT2D eigenvalue weighted by Crippen LogP contribution is -2.45.